The van der Waals surface area contributed by atoms with Crippen LogP contribution in [0.5, 0.6) is 0 Å². The van der Waals surface area contributed by atoms with E-state index in [2.05, 4.69) is 28.8 Å². The number of primary sulfonamides is 1. The van der Waals surface area contributed by atoms with Crippen LogP contribution in [0.15, 0.2) is 83.8 Å². The van der Waals surface area contributed by atoms with Gasteiger partial charge in [-0.25, -0.2) is 23.0 Å². The van der Waals surface area contributed by atoms with Crippen molar-refractivity contribution in [2.24, 2.45) is 5.14 Å². The topological polar surface area (TPSA) is 86.6 Å². The van der Waals surface area contributed by atoms with Crippen molar-refractivity contribution in [1.82, 2.24) is 4.90 Å². The maximum Gasteiger partial charge on any atom is 0.311 e. The second kappa shape index (κ2) is 11.5. The molecular weight excluding hydrogens is 570 g/mol. The molecule has 1 aliphatic heterocycles. The van der Waals surface area contributed by atoms with E-state index in [0.29, 0.717) is 31.0 Å². The van der Waals surface area contributed by atoms with Crippen LogP contribution in [0.25, 0.3) is 0 Å². The Hall–Kier alpha value is -1.88. The van der Waals surface area contributed by atoms with Crippen LogP contribution in [0.3, 0.4) is 0 Å². The first-order valence-electron chi connectivity index (χ1n) is 10.9. The van der Waals surface area contributed by atoms with E-state index in [0.717, 1.165) is 16.3 Å². The van der Waals surface area contributed by atoms with Crippen LogP contribution in [0.1, 0.15) is 23.6 Å². The Morgan fingerprint density at radius 1 is 1.03 bits per heavy atom. The van der Waals surface area contributed by atoms with Gasteiger partial charge in [-0.15, -0.1) is 0 Å². The highest BCUT2D eigenvalue weighted by atomic mass is 79.9. The molecule has 1 atom stereocenters. The summed E-state index contributed by atoms with van der Waals surface area (Å²) in [5, 5.41) is 18.1. The van der Waals surface area contributed by atoms with E-state index in [-0.39, 0.29) is 26.9 Å². The SMILES string of the molecule is CCN1C(=[N+](Cc2ccccc2)Cc2ccccc2)SCC1(O)c1ccc(Cl)c(S(N)(=O)=O)c1.[Br-]. The summed E-state index contributed by atoms with van der Waals surface area (Å²) in [5.41, 5.74) is 1.33. The highest BCUT2D eigenvalue weighted by molar-refractivity contribution is 8.13. The molecular formula is C25H27BrClN3O3S2. The molecule has 1 heterocycles. The molecule has 6 nitrogen and oxygen atoms in total. The highest BCUT2D eigenvalue weighted by Gasteiger charge is 2.51. The molecule has 3 aromatic carbocycles. The molecule has 35 heavy (non-hydrogen) atoms. The van der Waals surface area contributed by atoms with Crippen molar-refractivity contribution < 1.29 is 35.1 Å². The van der Waals surface area contributed by atoms with Crippen molar-refractivity contribution in [1.29, 1.82) is 0 Å². The lowest BCUT2D eigenvalue weighted by Crippen LogP contribution is -3.00. The number of hydrogen-bond donors (Lipinski definition) is 2. The van der Waals surface area contributed by atoms with Gasteiger partial charge in [-0.3, -0.25) is 0 Å². The summed E-state index contributed by atoms with van der Waals surface area (Å²) < 4.78 is 26.3. The predicted octanol–water partition coefficient (Wildman–Crippen LogP) is 0.974. The number of hydrogen-bond acceptors (Lipinski definition) is 4. The second-order valence-corrected chi connectivity index (χ2v) is 11.0. The third-order valence-corrected chi connectivity index (χ3v) is 8.48. The van der Waals surface area contributed by atoms with Crippen LogP contribution in [-0.2, 0) is 28.8 Å². The molecule has 1 fully saturated rings. The Morgan fingerprint density at radius 2 is 1.57 bits per heavy atom. The number of sulfonamides is 1. The van der Waals surface area contributed by atoms with Crippen LogP contribution in [0.4, 0.5) is 0 Å². The van der Waals surface area contributed by atoms with Crippen molar-refractivity contribution in [2.45, 2.75) is 30.6 Å². The Morgan fingerprint density at radius 3 is 2.06 bits per heavy atom. The maximum atomic E-state index is 12.0. The fourth-order valence-electron chi connectivity index (χ4n) is 4.15. The Labute approximate surface area is 226 Å². The lowest BCUT2D eigenvalue weighted by molar-refractivity contribution is -0.562. The fourth-order valence-corrected chi connectivity index (χ4v) is 6.62. The average Bonchev–Trinajstić information content (AvgIpc) is 3.17. The zero-order valence-electron chi connectivity index (χ0n) is 19.1. The number of rotatable bonds is 7. The van der Waals surface area contributed by atoms with Gasteiger partial charge >= 0.3 is 5.17 Å². The second-order valence-electron chi connectivity index (χ2n) is 8.15. The highest BCUT2D eigenvalue weighted by Crippen LogP contribution is 2.40. The maximum absolute atomic E-state index is 12.0. The lowest BCUT2D eigenvalue weighted by atomic mass is 10.0. The molecule has 0 spiro atoms. The number of nitrogens with two attached hydrogens (primary N) is 1. The van der Waals surface area contributed by atoms with E-state index in [9.17, 15) is 13.5 Å². The zero-order chi connectivity index (χ0) is 24.3. The minimum atomic E-state index is -4.03. The van der Waals surface area contributed by atoms with Gasteiger partial charge in [0.15, 0.2) is 0 Å². The van der Waals surface area contributed by atoms with Crippen molar-refractivity contribution in [3.8, 4) is 0 Å². The van der Waals surface area contributed by atoms with Crippen molar-refractivity contribution in [3.05, 3.63) is 101 Å². The minimum Gasteiger partial charge on any atom is -1.00 e. The minimum absolute atomic E-state index is 0. The van der Waals surface area contributed by atoms with Crippen LogP contribution in [0.2, 0.25) is 5.02 Å². The molecule has 3 aromatic rings. The summed E-state index contributed by atoms with van der Waals surface area (Å²) in [4.78, 5) is 1.72. The molecule has 0 radical (unpaired) electrons. The van der Waals surface area contributed by atoms with E-state index in [4.69, 9.17) is 16.7 Å². The molecule has 1 unspecified atom stereocenters. The molecule has 0 aromatic heterocycles. The Balaban J connectivity index is 0.00000342. The molecule has 3 N–H and O–H groups in total. The Bertz CT molecular complexity index is 1260. The molecule has 186 valence electrons. The standard InChI is InChI=1S/C25H27ClN3O3S2.BrH/c1-2-29-24(28(16-19-9-5-3-6-10-19)17-20-11-7-4-8-12-20)33-18-25(29,30)21-13-14-22(26)23(15-21)34(27,31)32;/h3-15,30H,2,16-18H2,1H3,(H2,27,31,32);1H/q+1;/p-1. The molecule has 1 aliphatic rings. The first-order valence-corrected chi connectivity index (χ1v) is 13.8. The molecule has 0 aliphatic carbocycles. The van der Waals surface area contributed by atoms with Crippen molar-refractivity contribution in [3.63, 3.8) is 0 Å². The zero-order valence-corrected chi connectivity index (χ0v) is 23.1. The van der Waals surface area contributed by atoms with Gasteiger partial charge in [-0.1, -0.05) is 78.3 Å². The Kier molecular flexibility index (Phi) is 9.06. The number of benzene rings is 3. The number of halogens is 2. The number of amidine groups is 1. The van der Waals surface area contributed by atoms with Gasteiger partial charge < -0.3 is 22.1 Å². The summed E-state index contributed by atoms with van der Waals surface area (Å²) in [6, 6.07) is 24.9. The van der Waals surface area contributed by atoms with Crippen molar-refractivity contribution in [2.75, 3.05) is 12.3 Å². The van der Waals surface area contributed by atoms with Crippen LogP contribution in [-0.4, -0.2) is 40.5 Å². The third-order valence-electron chi connectivity index (χ3n) is 5.80. The quantitative estimate of drug-likeness (QED) is 0.397. The van der Waals surface area contributed by atoms with E-state index < -0.39 is 15.7 Å². The van der Waals surface area contributed by atoms with Gasteiger partial charge in [0, 0.05) is 5.56 Å². The number of thioether (sulfide) groups is 1. The van der Waals surface area contributed by atoms with Gasteiger partial charge in [-0.2, -0.15) is 0 Å². The van der Waals surface area contributed by atoms with Crippen LogP contribution >= 0.6 is 23.4 Å². The van der Waals surface area contributed by atoms with Crippen molar-refractivity contribution >= 4 is 38.6 Å². The predicted molar refractivity (Wildman–Crippen MR) is 137 cm³/mol. The molecule has 4 rings (SSSR count). The first-order chi connectivity index (χ1) is 16.2. The van der Waals surface area contributed by atoms with Crippen LogP contribution < -0.4 is 22.1 Å². The van der Waals surface area contributed by atoms with E-state index in [1.54, 1.807) is 17.8 Å². The summed E-state index contributed by atoms with van der Waals surface area (Å²) >= 11 is 7.64. The smallest absolute Gasteiger partial charge is 0.311 e. The fraction of sp³-hybridized carbons (Fsp3) is 0.240. The van der Waals surface area contributed by atoms with E-state index in [1.165, 1.54) is 12.1 Å². The van der Waals surface area contributed by atoms with E-state index >= 15 is 0 Å². The average molecular weight is 597 g/mol. The summed E-state index contributed by atoms with van der Waals surface area (Å²) in [7, 11) is -4.03. The molecule has 0 saturated carbocycles. The summed E-state index contributed by atoms with van der Waals surface area (Å²) in [5.74, 6) is 0.335. The first kappa shape index (κ1) is 27.7. The molecule has 10 heteroatoms. The largest absolute Gasteiger partial charge is 1.00 e. The summed E-state index contributed by atoms with van der Waals surface area (Å²) in [6.45, 7) is 3.81. The number of nitrogens with zero attached hydrogens (tertiary/aromatic N) is 2. The molecule has 0 bridgehead atoms. The number of aliphatic hydroxyl groups is 1. The summed E-state index contributed by atoms with van der Waals surface area (Å²) in [6.07, 6.45) is 0. The normalized spacial score (nSPS) is 17.8. The molecule has 1 saturated heterocycles. The van der Waals surface area contributed by atoms with E-state index in [1.807, 2.05) is 48.2 Å². The lowest BCUT2D eigenvalue weighted by Gasteiger charge is -2.29. The van der Waals surface area contributed by atoms with Gasteiger partial charge in [0.25, 0.3) is 0 Å². The molecule has 0 amide bonds. The van der Waals surface area contributed by atoms with Gasteiger partial charge in [0.1, 0.15) is 18.0 Å². The van der Waals surface area contributed by atoms with Gasteiger partial charge in [0.05, 0.1) is 17.3 Å². The van der Waals surface area contributed by atoms with Gasteiger partial charge in [0.2, 0.25) is 15.7 Å². The third kappa shape index (κ3) is 6.10. The van der Waals surface area contributed by atoms with Crippen LogP contribution in [0, 0.1) is 0 Å². The monoisotopic (exact) mass is 595 g/mol. The van der Waals surface area contributed by atoms with Gasteiger partial charge in [-0.05, 0) is 41.9 Å².